The first kappa shape index (κ1) is 15.6. The lowest BCUT2D eigenvalue weighted by Crippen LogP contribution is -2.41. The van der Waals surface area contributed by atoms with Crippen molar-refractivity contribution >= 4 is 34.1 Å². The molecule has 0 aromatic carbocycles. The van der Waals surface area contributed by atoms with Gasteiger partial charge in [-0.2, -0.15) is 0 Å². The summed E-state index contributed by atoms with van der Waals surface area (Å²) in [5.74, 6) is 1.12. The highest BCUT2D eigenvalue weighted by Gasteiger charge is 2.22. The number of aromatic nitrogens is 2. The molecule has 2 N–H and O–H groups in total. The number of rotatable bonds is 6. The second-order valence-corrected chi connectivity index (χ2v) is 7.33. The van der Waals surface area contributed by atoms with Crippen LogP contribution < -0.4 is 10.6 Å². The number of thioether (sulfide) groups is 1. The Morgan fingerprint density at radius 2 is 2.20 bits per heavy atom. The number of hydrogen-bond acceptors (Lipinski definition) is 6. The van der Waals surface area contributed by atoms with Crippen molar-refractivity contribution in [2.75, 3.05) is 17.6 Å². The van der Waals surface area contributed by atoms with E-state index in [9.17, 15) is 4.79 Å². The number of carbonyl (C=O) groups excluding carboxylic acids is 1. The molecule has 0 bridgehead atoms. The van der Waals surface area contributed by atoms with Crippen molar-refractivity contribution < 1.29 is 4.79 Å². The smallest absolute Gasteiger partial charge is 0.230 e. The Hall–Kier alpha value is -0.820. The summed E-state index contributed by atoms with van der Waals surface area (Å²) >= 11 is 2.95. The fourth-order valence-corrected chi connectivity index (χ4v) is 4.03. The molecule has 1 heterocycles. The maximum absolute atomic E-state index is 12.0. The van der Waals surface area contributed by atoms with E-state index in [2.05, 4.69) is 27.8 Å². The van der Waals surface area contributed by atoms with Crippen molar-refractivity contribution in [3.63, 3.8) is 0 Å². The third-order valence-electron chi connectivity index (χ3n) is 3.52. The Morgan fingerprint density at radius 3 is 2.95 bits per heavy atom. The average molecular weight is 314 g/mol. The van der Waals surface area contributed by atoms with E-state index in [0.29, 0.717) is 17.7 Å². The standard InChI is InChI=1S/C13H22N4OS2/c1-3-14-12-16-17-13(20-12)19-8-11(18)15-10-7-5-4-6-9(10)2/h9-10H,3-8H2,1-2H3,(H,14,16)(H,15,18). The minimum atomic E-state index is 0.106. The third kappa shape index (κ3) is 4.63. The quantitative estimate of drug-likeness (QED) is 0.790. The third-order valence-corrected chi connectivity index (χ3v) is 5.53. The molecule has 2 atom stereocenters. The molecule has 2 rings (SSSR count). The summed E-state index contributed by atoms with van der Waals surface area (Å²) in [7, 11) is 0. The van der Waals surface area contributed by atoms with Gasteiger partial charge in [0, 0.05) is 12.6 Å². The van der Waals surface area contributed by atoms with Crippen molar-refractivity contribution in [3.8, 4) is 0 Å². The molecule has 1 fully saturated rings. The second-order valence-electron chi connectivity index (χ2n) is 5.13. The van der Waals surface area contributed by atoms with Gasteiger partial charge in [-0.1, -0.05) is 42.9 Å². The van der Waals surface area contributed by atoms with E-state index in [1.807, 2.05) is 6.92 Å². The summed E-state index contributed by atoms with van der Waals surface area (Å²) in [6.07, 6.45) is 4.85. The van der Waals surface area contributed by atoms with Gasteiger partial charge in [-0.25, -0.2) is 0 Å². The first-order chi connectivity index (χ1) is 9.69. The summed E-state index contributed by atoms with van der Waals surface area (Å²) in [5.41, 5.74) is 0. The van der Waals surface area contributed by atoms with Gasteiger partial charge in [0.1, 0.15) is 0 Å². The summed E-state index contributed by atoms with van der Waals surface area (Å²) in [4.78, 5) is 12.0. The Labute approximate surface area is 128 Å². The Morgan fingerprint density at radius 1 is 1.40 bits per heavy atom. The molecule has 1 aliphatic carbocycles. The Balaban J connectivity index is 1.73. The van der Waals surface area contributed by atoms with Gasteiger partial charge in [-0.15, -0.1) is 10.2 Å². The number of nitrogens with one attached hydrogen (secondary N) is 2. The normalized spacial score (nSPS) is 22.5. The van der Waals surface area contributed by atoms with Crippen molar-refractivity contribution in [2.45, 2.75) is 49.9 Å². The van der Waals surface area contributed by atoms with Gasteiger partial charge in [-0.05, 0) is 25.7 Å². The number of hydrogen-bond donors (Lipinski definition) is 2. The van der Waals surface area contributed by atoms with E-state index < -0.39 is 0 Å². The molecule has 0 saturated heterocycles. The fourth-order valence-electron chi connectivity index (χ4n) is 2.40. The van der Waals surface area contributed by atoms with Crippen LogP contribution in [0.5, 0.6) is 0 Å². The van der Waals surface area contributed by atoms with Crippen LogP contribution in [-0.4, -0.2) is 34.4 Å². The Kier molecular flexibility index (Phi) is 6.09. The second kappa shape index (κ2) is 7.83. The lowest BCUT2D eigenvalue weighted by atomic mass is 9.86. The minimum Gasteiger partial charge on any atom is -0.360 e. The van der Waals surface area contributed by atoms with Gasteiger partial charge in [0.15, 0.2) is 4.34 Å². The summed E-state index contributed by atoms with van der Waals surface area (Å²) in [6, 6.07) is 0.351. The molecule has 112 valence electrons. The molecule has 1 amide bonds. The maximum Gasteiger partial charge on any atom is 0.230 e. The first-order valence-electron chi connectivity index (χ1n) is 7.18. The summed E-state index contributed by atoms with van der Waals surface area (Å²) < 4.78 is 0.841. The monoisotopic (exact) mass is 314 g/mol. The molecule has 0 spiro atoms. The van der Waals surface area contributed by atoms with E-state index >= 15 is 0 Å². The van der Waals surface area contributed by atoms with Crippen LogP contribution in [0, 0.1) is 5.92 Å². The van der Waals surface area contributed by atoms with Crippen molar-refractivity contribution in [2.24, 2.45) is 5.92 Å². The van der Waals surface area contributed by atoms with E-state index in [1.165, 1.54) is 42.4 Å². The lowest BCUT2D eigenvalue weighted by Gasteiger charge is -2.29. The van der Waals surface area contributed by atoms with Crippen LogP contribution >= 0.6 is 23.1 Å². The first-order valence-corrected chi connectivity index (χ1v) is 8.98. The summed E-state index contributed by atoms with van der Waals surface area (Å²) in [5, 5.41) is 15.2. The zero-order valence-electron chi connectivity index (χ0n) is 12.0. The van der Waals surface area contributed by atoms with E-state index in [0.717, 1.165) is 22.4 Å². The molecule has 5 nitrogen and oxygen atoms in total. The highest BCUT2D eigenvalue weighted by Crippen LogP contribution is 2.26. The Bertz CT molecular complexity index is 438. The fraction of sp³-hybridized carbons (Fsp3) is 0.769. The van der Waals surface area contributed by atoms with Crippen LogP contribution in [0.15, 0.2) is 4.34 Å². The molecule has 1 saturated carbocycles. The largest absolute Gasteiger partial charge is 0.360 e. The van der Waals surface area contributed by atoms with Crippen LogP contribution in [0.4, 0.5) is 5.13 Å². The maximum atomic E-state index is 12.0. The number of anilines is 1. The van der Waals surface area contributed by atoms with Crippen molar-refractivity contribution in [1.29, 1.82) is 0 Å². The van der Waals surface area contributed by atoms with Crippen molar-refractivity contribution in [3.05, 3.63) is 0 Å². The number of amides is 1. The van der Waals surface area contributed by atoms with Crippen LogP contribution in [0.1, 0.15) is 39.5 Å². The number of carbonyl (C=O) groups is 1. The molecule has 2 unspecified atom stereocenters. The highest BCUT2D eigenvalue weighted by atomic mass is 32.2. The molecule has 7 heteroatoms. The van der Waals surface area contributed by atoms with E-state index in [-0.39, 0.29) is 5.91 Å². The van der Waals surface area contributed by atoms with Crippen LogP contribution in [0.3, 0.4) is 0 Å². The molecular formula is C13H22N4OS2. The zero-order valence-corrected chi connectivity index (χ0v) is 13.6. The van der Waals surface area contributed by atoms with Crippen LogP contribution in [0.25, 0.3) is 0 Å². The predicted octanol–water partition coefficient (Wildman–Crippen LogP) is 2.76. The van der Waals surface area contributed by atoms with Crippen LogP contribution in [-0.2, 0) is 4.79 Å². The molecule has 0 radical (unpaired) electrons. The van der Waals surface area contributed by atoms with Gasteiger partial charge in [0.25, 0.3) is 0 Å². The van der Waals surface area contributed by atoms with Gasteiger partial charge in [0.2, 0.25) is 11.0 Å². The minimum absolute atomic E-state index is 0.106. The van der Waals surface area contributed by atoms with Crippen LogP contribution in [0.2, 0.25) is 0 Å². The van der Waals surface area contributed by atoms with Crippen molar-refractivity contribution in [1.82, 2.24) is 15.5 Å². The molecule has 20 heavy (non-hydrogen) atoms. The lowest BCUT2D eigenvalue weighted by molar-refractivity contribution is -0.119. The van der Waals surface area contributed by atoms with Gasteiger partial charge < -0.3 is 10.6 Å². The molecule has 1 aliphatic rings. The molecule has 1 aromatic heterocycles. The molecule has 1 aromatic rings. The summed E-state index contributed by atoms with van der Waals surface area (Å²) in [6.45, 7) is 5.08. The molecular weight excluding hydrogens is 292 g/mol. The number of nitrogens with zero attached hydrogens (tertiary/aromatic N) is 2. The van der Waals surface area contributed by atoms with Gasteiger partial charge >= 0.3 is 0 Å². The predicted molar refractivity (Wildman–Crippen MR) is 84.4 cm³/mol. The average Bonchev–Trinajstić information content (AvgIpc) is 2.87. The topological polar surface area (TPSA) is 66.9 Å². The zero-order chi connectivity index (χ0) is 14.4. The van der Waals surface area contributed by atoms with E-state index in [4.69, 9.17) is 0 Å². The molecule has 0 aliphatic heterocycles. The van der Waals surface area contributed by atoms with E-state index in [1.54, 1.807) is 0 Å². The SMILES string of the molecule is CCNc1nnc(SCC(=O)NC2CCCCC2C)s1. The van der Waals surface area contributed by atoms with Gasteiger partial charge in [-0.3, -0.25) is 4.79 Å². The highest BCUT2D eigenvalue weighted by molar-refractivity contribution is 8.01. The van der Waals surface area contributed by atoms with Gasteiger partial charge in [0.05, 0.1) is 5.75 Å².